The van der Waals surface area contributed by atoms with Crippen molar-refractivity contribution in [3.8, 4) is 5.75 Å². The first-order chi connectivity index (χ1) is 7.78. The summed E-state index contributed by atoms with van der Waals surface area (Å²) in [6, 6.07) is 5.14. The number of hydrogen-bond donors (Lipinski definition) is 1. The molecule has 0 aliphatic heterocycles. The molecule has 94 valence electrons. The van der Waals surface area contributed by atoms with Crippen LogP contribution in [0.3, 0.4) is 0 Å². The molecule has 1 amide bonds. The molecule has 17 heavy (non-hydrogen) atoms. The lowest BCUT2D eigenvalue weighted by molar-refractivity contribution is -0.274. The Balaban J connectivity index is 2.71. The zero-order chi connectivity index (χ0) is 13.1. The number of rotatable bonds is 3. The van der Waals surface area contributed by atoms with Crippen molar-refractivity contribution >= 4 is 11.6 Å². The maximum absolute atomic E-state index is 11.9. The van der Waals surface area contributed by atoms with E-state index in [1.165, 1.54) is 36.2 Å². The Kier molecular flexibility index (Phi) is 3.82. The smallest absolute Gasteiger partial charge is 0.406 e. The van der Waals surface area contributed by atoms with Crippen molar-refractivity contribution in [3.05, 3.63) is 24.3 Å². The molecule has 0 saturated heterocycles. The molecule has 0 aliphatic carbocycles. The monoisotopic (exact) mass is 248 g/mol. The van der Waals surface area contributed by atoms with E-state index in [9.17, 15) is 18.0 Å². The van der Waals surface area contributed by atoms with Gasteiger partial charge in [-0.25, -0.2) is 0 Å². The number of carbonyl (C=O) groups excluding carboxylic acids is 1. The fraction of sp³-hybridized carbons (Fsp3) is 0.300. The van der Waals surface area contributed by atoms with E-state index in [1.54, 1.807) is 7.05 Å². The van der Waals surface area contributed by atoms with Crippen LogP contribution in [0.4, 0.5) is 18.9 Å². The van der Waals surface area contributed by atoms with Gasteiger partial charge in [0.05, 0.1) is 5.69 Å². The largest absolute Gasteiger partial charge is 0.573 e. The number of anilines is 1. The molecule has 1 aromatic rings. The molecule has 0 radical (unpaired) electrons. The predicted octanol–water partition coefficient (Wildman–Crippen LogP) is 2.07. The second-order valence-electron chi connectivity index (χ2n) is 3.27. The van der Waals surface area contributed by atoms with Crippen LogP contribution in [0.25, 0.3) is 0 Å². The molecule has 1 N–H and O–H groups in total. The standard InChI is InChI=1S/C10H11F3N2O2/c1-7(16)14-15(2)8-3-5-9(6-4-8)17-10(11,12)13/h3-6H,1-2H3,(H,14,16). The second-order valence-corrected chi connectivity index (χ2v) is 3.27. The first-order valence-corrected chi connectivity index (χ1v) is 4.65. The van der Waals surface area contributed by atoms with Crippen LogP contribution in [-0.4, -0.2) is 19.3 Å². The molecule has 0 fully saturated rings. The number of hydrazine groups is 1. The van der Waals surface area contributed by atoms with Gasteiger partial charge in [0.1, 0.15) is 5.75 Å². The van der Waals surface area contributed by atoms with Crippen molar-refractivity contribution in [3.63, 3.8) is 0 Å². The fourth-order valence-corrected chi connectivity index (χ4v) is 1.17. The lowest BCUT2D eigenvalue weighted by Gasteiger charge is -2.19. The molecule has 1 rings (SSSR count). The summed E-state index contributed by atoms with van der Waals surface area (Å²) in [6.07, 6.45) is -4.70. The van der Waals surface area contributed by atoms with E-state index >= 15 is 0 Å². The Morgan fingerprint density at radius 1 is 1.29 bits per heavy atom. The number of ether oxygens (including phenoxy) is 1. The third-order valence-electron chi connectivity index (χ3n) is 1.78. The number of hydrogen-bond acceptors (Lipinski definition) is 3. The lowest BCUT2D eigenvalue weighted by atomic mass is 10.3. The Morgan fingerprint density at radius 3 is 2.24 bits per heavy atom. The lowest BCUT2D eigenvalue weighted by Crippen LogP contribution is -2.37. The summed E-state index contributed by atoms with van der Waals surface area (Å²) in [5.74, 6) is -0.583. The zero-order valence-corrected chi connectivity index (χ0v) is 9.21. The molecule has 0 atom stereocenters. The molecular formula is C10H11F3N2O2. The molecular weight excluding hydrogens is 237 g/mol. The fourth-order valence-electron chi connectivity index (χ4n) is 1.17. The van der Waals surface area contributed by atoms with Crippen molar-refractivity contribution in [2.45, 2.75) is 13.3 Å². The summed E-state index contributed by atoms with van der Waals surface area (Å²) < 4.78 is 39.4. The first kappa shape index (κ1) is 13.1. The van der Waals surface area contributed by atoms with Crippen LogP contribution < -0.4 is 15.2 Å². The van der Waals surface area contributed by atoms with Gasteiger partial charge in [-0.2, -0.15) is 0 Å². The number of benzene rings is 1. The third-order valence-corrected chi connectivity index (χ3v) is 1.78. The van der Waals surface area contributed by atoms with E-state index in [1.807, 2.05) is 0 Å². The summed E-state index contributed by atoms with van der Waals surface area (Å²) >= 11 is 0. The molecule has 0 aromatic heterocycles. The quantitative estimate of drug-likeness (QED) is 0.832. The minimum absolute atomic E-state index is 0.275. The maximum atomic E-state index is 11.9. The van der Waals surface area contributed by atoms with Crippen molar-refractivity contribution in [1.29, 1.82) is 0 Å². The van der Waals surface area contributed by atoms with E-state index in [-0.39, 0.29) is 11.7 Å². The number of halogens is 3. The van der Waals surface area contributed by atoms with Crippen molar-refractivity contribution in [2.75, 3.05) is 12.1 Å². The van der Waals surface area contributed by atoms with Crippen LogP contribution in [0.5, 0.6) is 5.75 Å². The van der Waals surface area contributed by atoms with Gasteiger partial charge in [-0.3, -0.25) is 15.2 Å². The summed E-state index contributed by atoms with van der Waals surface area (Å²) in [4.78, 5) is 10.8. The topological polar surface area (TPSA) is 41.6 Å². The van der Waals surface area contributed by atoms with Crippen molar-refractivity contribution in [1.82, 2.24) is 5.43 Å². The number of alkyl halides is 3. The average Bonchev–Trinajstić information content (AvgIpc) is 2.15. The molecule has 4 nitrogen and oxygen atoms in total. The highest BCUT2D eigenvalue weighted by Gasteiger charge is 2.30. The normalized spacial score (nSPS) is 10.9. The van der Waals surface area contributed by atoms with Gasteiger partial charge in [0.2, 0.25) is 5.91 Å². The van der Waals surface area contributed by atoms with Crippen LogP contribution in [-0.2, 0) is 4.79 Å². The molecule has 1 aromatic carbocycles. The van der Waals surface area contributed by atoms with Crippen LogP contribution in [0.1, 0.15) is 6.92 Å². The molecule has 0 saturated carbocycles. The van der Waals surface area contributed by atoms with Gasteiger partial charge in [0, 0.05) is 14.0 Å². The number of amides is 1. The van der Waals surface area contributed by atoms with Gasteiger partial charge in [0.15, 0.2) is 0 Å². The average molecular weight is 248 g/mol. The minimum atomic E-state index is -4.70. The van der Waals surface area contributed by atoms with Gasteiger partial charge in [-0.05, 0) is 24.3 Å². The highest BCUT2D eigenvalue weighted by molar-refractivity contribution is 5.75. The number of nitrogens with one attached hydrogen (secondary N) is 1. The minimum Gasteiger partial charge on any atom is -0.406 e. The molecule has 0 aliphatic rings. The van der Waals surface area contributed by atoms with E-state index in [4.69, 9.17) is 0 Å². The first-order valence-electron chi connectivity index (χ1n) is 4.65. The molecule has 0 spiro atoms. The van der Waals surface area contributed by atoms with Crippen LogP contribution in [0.15, 0.2) is 24.3 Å². The van der Waals surface area contributed by atoms with E-state index in [0.717, 1.165) is 0 Å². The van der Waals surface area contributed by atoms with Gasteiger partial charge in [-0.1, -0.05) is 0 Å². The van der Waals surface area contributed by atoms with Crippen LogP contribution in [0.2, 0.25) is 0 Å². The highest BCUT2D eigenvalue weighted by atomic mass is 19.4. The van der Waals surface area contributed by atoms with Gasteiger partial charge in [-0.15, -0.1) is 13.2 Å². The van der Waals surface area contributed by atoms with Crippen LogP contribution in [0, 0.1) is 0 Å². The highest BCUT2D eigenvalue weighted by Crippen LogP contribution is 2.24. The summed E-state index contributed by atoms with van der Waals surface area (Å²) in [5, 5.41) is 1.39. The molecule has 0 unspecified atom stereocenters. The van der Waals surface area contributed by atoms with E-state index in [0.29, 0.717) is 5.69 Å². The summed E-state index contributed by atoms with van der Waals surface area (Å²) in [7, 11) is 1.57. The summed E-state index contributed by atoms with van der Waals surface area (Å²) in [6.45, 7) is 1.33. The SMILES string of the molecule is CC(=O)NN(C)c1ccc(OC(F)(F)F)cc1. The summed E-state index contributed by atoms with van der Waals surface area (Å²) in [5.41, 5.74) is 2.99. The van der Waals surface area contributed by atoms with Gasteiger partial charge >= 0.3 is 6.36 Å². The number of carbonyl (C=O) groups is 1. The third kappa shape index (κ3) is 4.62. The molecule has 0 heterocycles. The van der Waals surface area contributed by atoms with Crippen molar-refractivity contribution in [2.24, 2.45) is 0 Å². The van der Waals surface area contributed by atoms with Gasteiger partial charge < -0.3 is 4.74 Å². The predicted molar refractivity (Wildman–Crippen MR) is 55.3 cm³/mol. The maximum Gasteiger partial charge on any atom is 0.573 e. The van der Waals surface area contributed by atoms with Crippen molar-refractivity contribution < 1.29 is 22.7 Å². The Labute approximate surface area is 95.9 Å². The van der Waals surface area contributed by atoms with Gasteiger partial charge in [0.25, 0.3) is 0 Å². The molecule has 7 heteroatoms. The molecule has 0 bridgehead atoms. The number of nitrogens with zero attached hydrogens (tertiary/aromatic N) is 1. The Bertz CT molecular complexity index is 390. The zero-order valence-electron chi connectivity index (χ0n) is 9.21. The van der Waals surface area contributed by atoms with E-state index in [2.05, 4.69) is 10.2 Å². The van der Waals surface area contributed by atoms with Crippen LogP contribution >= 0.6 is 0 Å². The van der Waals surface area contributed by atoms with E-state index < -0.39 is 6.36 Å². The Hall–Kier alpha value is -1.92. The second kappa shape index (κ2) is 4.94. The Morgan fingerprint density at radius 2 is 1.82 bits per heavy atom.